The van der Waals surface area contributed by atoms with Gasteiger partial charge in [0, 0.05) is 31.7 Å². The maximum absolute atomic E-state index is 13.5. The minimum absolute atomic E-state index is 0.0518. The average molecular weight is 692 g/mol. The number of nitrogens with one attached hydrogen (secondary N) is 2. The van der Waals surface area contributed by atoms with Crippen LogP contribution in [0, 0.1) is 13.8 Å². The van der Waals surface area contributed by atoms with Crippen LogP contribution in [0.5, 0.6) is 5.75 Å². The van der Waals surface area contributed by atoms with Crippen LogP contribution >= 0.6 is 0 Å². The molecule has 0 aliphatic rings. The van der Waals surface area contributed by atoms with Gasteiger partial charge in [0.05, 0.1) is 45.4 Å². The van der Waals surface area contributed by atoms with Gasteiger partial charge in [-0.2, -0.15) is 10.2 Å². The molecule has 0 unspecified atom stereocenters. The van der Waals surface area contributed by atoms with Crippen molar-refractivity contribution in [1.82, 2.24) is 38.7 Å². The number of nitrogens with two attached hydrogens (primary N) is 1. The van der Waals surface area contributed by atoms with Crippen molar-refractivity contribution < 1.29 is 14.3 Å². The Morgan fingerprint density at radius 1 is 0.843 bits per heavy atom. The largest absolute Gasteiger partial charge is 0.489 e. The molecule has 51 heavy (non-hydrogen) atoms. The molecule has 6 aromatic rings. The second kappa shape index (κ2) is 14.5. The maximum Gasteiger partial charge on any atom is 0.276 e. The number of nitrogens with zero attached hydrogens (tertiary/aromatic N) is 8. The third-order valence-corrected chi connectivity index (χ3v) is 8.57. The van der Waals surface area contributed by atoms with E-state index in [1.54, 1.807) is 22.9 Å². The first-order chi connectivity index (χ1) is 24.5. The Bertz CT molecular complexity index is 2250. The van der Waals surface area contributed by atoms with Crippen LogP contribution in [0.15, 0.2) is 55.1 Å². The molecule has 0 aliphatic heterocycles. The lowest BCUT2D eigenvalue weighted by Crippen LogP contribution is -2.20. The Labute approximate surface area is 296 Å². The van der Waals surface area contributed by atoms with E-state index < -0.39 is 5.91 Å². The predicted octanol–water partition coefficient (Wildman–Crippen LogP) is 6.14. The lowest BCUT2D eigenvalue weighted by molar-refractivity contribution is 0.0996. The molecule has 266 valence electrons. The highest BCUT2D eigenvalue weighted by atomic mass is 16.5. The fourth-order valence-electron chi connectivity index (χ4n) is 6.32. The molecule has 4 heterocycles. The number of aryl methyl sites for hydroxylation is 6. The number of para-hydroxylation sites is 1. The lowest BCUT2D eigenvalue weighted by atomic mass is 10.2. The van der Waals surface area contributed by atoms with Crippen LogP contribution in [0.3, 0.4) is 0 Å². The third-order valence-electron chi connectivity index (χ3n) is 8.57. The number of imidazole rings is 2. The molecule has 2 aromatic carbocycles. The van der Waals surface area contributed by atoms with Gasteiger partial charge >= 0.3 is 0 Å². The molecular formula is C37H45N11O3. The Morgan fingerprint density at radius 2 is 1.47 bits per heavy atom. The monoisotopic (exact) mass is 691 g/mol. The van der Waals surface area contributed by atoms with E-state index in [0.29, 0.717) is 66.3 Å². The fraction of sp³-hybridized carbons (Fsp3) is 0.351. The predicted molar refractivity (Wildman–Crippen MR) is 199 cm³/mol. The van der Waals surface area contributed by atoms with E-state index in [-0.39, 0.29) is 12.0 Å². The van der Waals surface area contributed by atoms with Crippen LogP contribution in [-0.2, 0) is 26.2 Å². The summed E-state index contributed by atoms with van der Waals surface area (Å²) >= 11 is 0. The molecule has 0 spiro atoms. The molecule has 0 aliphatic carbocycles. The summed E-state index contributed by atoms with van der Waals surface area (Å²) in [5, 5.41) is 15.5. The van der Waals surface area contributed by atoms with Crippen LogP contribution < -0.4 is 21.1 Å². The van der Waals surface area contributed by atoms with Gasteiger partial charge < -0.3 is 24.9 Å². The van der Waals surface area contributed by atoms with Crippen molar-refractivity contribution in [2.45, 2.75) is 86.7 Å². The minimum atomic E-state index is -0.516. The number of rotatable bonds is 15. The van der Waals surface area contributed by atoms with Gasteiger partial charge in [0.25, 0.3) is 5.91 Å². The summed E-state index contributed by atoms with van der Waals surface area (Å²) in [5.74, 6) is 0.927. The standard InChI is InChI=1S/C37H45N11O3/c1-8-47-30(19-23(5)43-47)25(7)39-36-41-28-21-26(34(38)49)15-16-29(28)45(36)17-10-11-18-46-33-27(13-12-14-32(33)51-22(3)4)40-37(46)42-35(50)31-20-24(6)44-48(31)9-2/h12-16,19-22H,7-11,17-18H2,1-6H3,(H2,38,49)(H,39,41)(H,40,42,50). The zero-order valence-corrected chi connectivity index (χ0v) is 30.0. The summed E-state index contributed by atoms with van der Waals surface area (Å²) in [6.45, 7) is 18.5. The third kappa shape index (κ3) is 7.21. The molecule has 0 fully saturated rings. The normalized spacial score (nSPS) is 11.5. The summed E-state index contributed by atoms with van der Waals surface area (Å²) in [4.78, 5) is 35.2. The lowest BCUT2D eigenvalue weighted by Gasteiger charge is -2.16. The number of fused-ring (bicyclic) bond motifs is 2. The average Bonchev–Trinajstić information content (AvgIpc) is 3.85. The summed E-state index contributed by atoms with van der Waals surface area (Å²) in [6, 6.07) is 14.8. The fourth-order valence-corrected chi connectivity index (χ4v) is 6.32. The van der Waals surface area contributed by atoms with Gasteiger partial charge in [-0.15, -0.1) is 0 Å². The number of hydrogen-bond acceptors (Lipinski definition) is 8. The van der Waals surface area contributed by atoms with E-state index >= 15 is 0 Å². The molecule has 6 rings (SSSR count). The molecule has 0 atom stereocenters. The molecule has 0 radical (unpaired) electrons. The molecule has 14 heteroatoms. The molecule has 4 aromatic heterocycles. The quantitative estimate of drug-likeness (QED) is 0.108. The zero-order chi connectivity index (χ0) is 36.4. The number of benzene rings is 2. The van der Waals surface area contributed by atoms with Gasteiger partial charge in [-0.05, 0) is 96.8 Å². The van der Waals surface area contributed by atoms with Crippen LogP contribution in [0.25, 0.3) is 27.8 Å². The van der Waals surface area contributed by atoms with Crippen molar-refractivity contribution >= 4 is 51.5 Å². The highest BCUT2D eigenvalue weighted by Crippen LogP contribution is 2.31. The Morgan fingerprint density at radius 3 is 2.14 bits per heavy atom. The second-order valence-corrected chi connectivity index (χ2v) is 12.8. The van der Waals surface area contributed by atoms with Crippen LogP contribution in [0.1, 0.15) is 78.5 Å². The van der Waals surface area contributed by atoms with Gasteiger partial charge in [-0.1, -0.05) is 12.6 Å². The van der Waals surface area contributed by atoms with Crippen LogP contribution in [0.2, 0.25) is 0 Å². The number of primary amides is 1. The zero-order valence-electron chi connectivity index (χ0n) is 30.0. The summed E-state index contributed by atoms with van der Waals surface area (Å²) < 4.78 is 13.9. The van der Waals surface area contributed by atoms with Crippen molar-refractivity contribution in [3.8, 4) is 5.75 Å². The van der Waals surface area contributed by atoms with E-state index in [2.05, 4.69) is 32.0 Å². The van der Waals surface area contributed by atoms with Crippen LogP contribution in [-0.4, -0.2) is 56.6 Å². The summed E-state index contributed by atoms with van der Waals surface area (Å²) in [7, 11) is 0. The van der Waals surface area contributed by atoms with Gasteiger partial charge in [0.1, 0.15) is 17.0 Å². The van der Waals surface area contributed by atoms with Crippen molar-refractivity contribution in [2.75, 3.05) is 10.6 Å². The SMILES string of the molecule is C=C(Nc1nc2cc(C(N)=O)ccc2n1CCCCn1c(NC(=O)c2cc(C)nn2CC)nc2cccc(OC(C)C)c21)c1cc(C)nn1CC. The molecule has 14 nitrogen and oxygen atoms in total. The molecule has 0 saturated heterocycles. The highest BCUT2D eigenvalue weighted by molar-refractivity contribution is 6.03. The second-order valence-electron chi connectivity index (χ2n) is 12.8. The minimum Gasteiger partial charge on any atom is -0.489 e. The molecule has 2 amide bonds. The van der Waals surface area contributed by atoms with Crippen LogP contribution in [0.4, 0.5) is 11.9 Å². The number of carbonyl (C=O) groups is 2. The number of unbranched alkanes of at least 4 members (excludes halogenated alkanes) is 1. The molecule has 0 saturated carbocycles. The van der Waals surface area contributed by atoms with E-state index in [9.17, 15) is 9.59 Å². The number of amides is 2. The number of carbonyl (C=O) groups excluding carboxylic acids is 2. The van der Waals surface area contributed by atoms with Gasteiger partial charge in [0.15, 0.2) is 0 Å². The molecular weight excluding hydrogens is 646 g/mol. The maximum atomic E-state index is 13.5. The number of ether oxygens (including phenoxy) is 1. The first-order valence-electron chi connectivity index (χ1n) is 17.3. The number of anilines is 2. The molecule has 0 bridgehead atoms. The van der Waals surface area contributed by atoms with Gasteiger partial charge in [0.2, 0.25) is 17.8 Å². The topological polar surface area (TPSA) is 165 Å². The van der Waals surface area contributed by atoms with Crippen molar-refractivity contribution in [2.24, 2.45) is 5.73 Å². The Balaban J connectivity index is 1.29. The van der Waals surface area contributed by atoms with Crippen molar-refractivity contribution in [3.05, 3.63) is 83.4 Å². The highest BCUT2D eigenvalue weighted by Gasteiger charge is 2.21. The van der Waals surface area contributed by atoms with E-state index in [4.69, 9.17) is 20.4 Å². The van der Waals surface area contributed by atoms with E-state index in [0.717, 1.165) is 46.5 Å². The number of hydrogen-bond donors (Lipinski definition) is 3. The summed E-state index contributed by atoms with van der Waals surface area (Å²) in [6.07, 6.45) is 1.43. The summed E-state index contributed by atoms with van der Waals surface area (Å²) in [5.41, 5.74) is 12.7. The molecule has 4 N–H and O–H groups in total. The van der Waals surface area contributed by atoms with Crippen molar-refractivity contribution in [1.29, 1.82) is 0 Å². The van der Waals surface area contributed by atoms with Gasteiger partial charge in [-0.3, -0.25) is 24.3 Å². The first kappa shape index (κ1) is 34.9. The van der Waals surface area contributed by atoms with E-state index in [1.807, 2.05) is 81.1 Å². The Kier molecular flexibility index (Phi) is 9.94. The first-order valence-corrected chi connectivity index (χ1v) is 17.3. The van der Waals surface area contributed by atoms with E-state index in [1.165, 1.54) is 0 Å². The smallest absolute Gasteiger partial charge is 0.276 e. The number of aromatic nitrogens is 8. The Hall–Kier alpha value is -5.92. The van der Waals surface area contributed by atoms with Gasteiger partial charge in [-0.25, -0.2) is 9.97 Å². The van der Waals surface area contributed by atoms with Crippen molar-refractivity contribution in [3.63, 3.8) is 0 Å².